The number of hydrogen-bond donors (Lipinski definition) is 2. The third-order valence-electron chi connectivity index (χ3n) is 1.86. The molecule has 1 heterocycles. The highest BCUT2D eigenvalue weighted by Crippen LogP contribution is 2.17. The van der Waals surface area contributed by atoms with Gasteiger partial charge in [0.25, 0.3) is 0 Å². The van der Waals surface area contributed by atoms with Crippen molar-refractivity contribution in [1.82, 2.24) is 10.3 Å². The van der Waals surface area contributed by atoms with Gasteiger partial charge in [0.15, 0.2) is 0 Å². The number of anilines is 1. The van der Waals surface area contributed by atoms with Crippen LogP contribution >= 0.6 is 12.8 Å². The first-order valence-electron chi connectivity index (χ1n) is 4.94. The monoisotopic (exact) mass is 255 g/mol. The molecule has 0 aromatic carbocycles. The molecule has 1 rings (SSSR count). The SMILES string of the molecule is CCOC(=O)NC(=O)N(S)c1ncccc1C. The first-order valence-corrected chi connectivity index (χ1v) is 5.34. The van der Waals surface area contributed by atoms with Gasteiger partial charge in [0, 0.05) is 6.20 Å². The number of nitrogens with one attached hydrogen (secondary N) is 1. The lowest BCUT2D eigenvalue weighted by atomic mass is 10.3. The second-order valence-corrected chi connectivity index (χ2v) is 3.51. The fourth-order valence-electron chi connectivity index (χ4n) is 1.10. The average Bonchev–Trinajstić information content (AvgIpc) is 2.29. The Bertz CT molecular complexity index is 425. The number of hydrogen-bond acceptors (Lipinski definition) is 5. The lowest BCUT2D eigenvalue weighted by Gasteiger charge is -2.16. The van der Waals surface area contributed by atoms with Crippen LogP contribution in [0.5, 0.6) is 0 Å². The van der Waals surface area contributed by atoms with E-state index in [0.29, 0.717) is 5.82 Å². The summed E-state index contributed by atoms with van der Waals surface area (Å²) in [5.74, 6) is 0.359. The molecule has 0 aliphatic rings. The van der Waals surface area contributed by atoms with E-state index in [2.05, 4.69) is 22.5 Å². The third-order valence-corrected chi connectivity index (χ3v) is 2.23. The van der Waals surface area contributed by atoms with Crippen LogP contribution in [0.4, 0.5) is 15.4 Å². The molecule has 1 aromatic heterocycles. The van der Waals surface area contributed by atoms with Gasteiger partial charge in [0.05, 0.1) is 6.61 Å². The Morgan fingerprint density at radius 1 is 1.59 bits per heavy atom. The molecule has 6 nitrogen and oxygen atoms in total. The van der Waals surface area contributed by atoms with E-state index >= 15 is 0 Å². The van der Waals surface area contributed by atoms with Crippen LogP contribution in [0.15, 0.2) is 18.3 Å². The van der Waals surface area contributed by atoms with Crippen LogP contribution < -0.4 is 9.62 Å². The lowest BCUT2D eigenvalue weighted by molar-refractivity contribution is 0.154. The lowest BCUT2D eigenvalue weighted by Crippen LogP contribution is -2.39. The molecule has 0 atom stereocenters. The molecular weight excluding hydrogens is 242 g/mol. The Balaban J connectivity index is 2.70. The van der Waals surface area contributed by atoms with Crippen LogP contribution in [0.25, 0.3) is 0 Å². The summed E-state index contributed by atoms with van der Waals surface area (Å²) in [4.78, 5) is 26.6. The number of alkyl carbamates (subject to hydrolysis) is 1. The number of carbonyl (C=O) groups is 2. The third kappa shape index (κ3) is 3.63. The maximum Gasteiger partial charge on any atom is 0.415 e. The van der Waals surface area contributed by atoms with Crippen molar-refractivity contribution in [3.05, 3.63) is 23.9 Å². The van der Waals surface area contributed by atoms with Gasteiger partial charge in [-0.25, -0.2) is 24.2 Å². The molecule has 1 N–H and O–H groups in total. The molecule has 0 saturated heterocycles. The summed E-state index contributed by atoms with van der Waals surface area (Å²) in [6.07, 6.45) is 0.716. The van der Waals surface area contributed by atoms with Crippen LogP contribution in [0.2, 0.25) is 0 Å². The van der Waals surface area contributed by atoms with Crippen LogP contribution in [-0.2, 0) is 4.74 Å². The molecular formula is C10H13N3O3S. The van der Waals surface area contributed by atoms with Gasteiger partial charge in [-0.2, -0.15) is 0 Å². The van der Waals surface area contributed by atoms with Crippen molar-refractivity contribution in [2.75, 3.05) is 10.9 Å². The van der Waals surface area contributed by atoms with E-state index < -0.39 is 12.1 Å². The molecule has 0 aliphatic carbocycles. The minimum absolute atomic E-state index is 0.189. The molecule has 0 fully saturated rings. The number of rotatable bonds is 2. The highest BCUT2D eigenvalue weighted by atomic mass is 32.1. The summed E-state index contributed by atoms with van der Waals surface area (Å²) >= 11 is 3.98. The van der Waals surface area contributed by atoms with Crippen molar-refractivity contribution in [3.63, 3.8) is 0 Å². The van der Waals surface area contributed by atoms with E-state index in [9.17, 15) is 9.59 Å². The summed E-state index contributed by atoms with van der Waals surface area (Å²) in [7, 11) is 0. The predicted octanol–water partition coefficient (Wildman–Crippen LogP) is 1.91. The predicted molar refractivity (Wildman–Crippen MR) is 66.0 cm³/mol. The molecule has 7 heteroatoms. The molecule has 0 bridgehead atoms. The minimum atomic E-state index is -0.815. The van der Waals surface area contributed by atoms with Gasteiger partial charge in [0.2, 0.25) is 0 Å². The Kier molecular flexibility index (Phi) is 4.77. The van der Waals surface area contributed by atoms with E-state index in [0.717, 1.165) is 9.87 Å². The largest absolute Gasteiger partial charge is 0.450 e. The van der Waals surface area contributed by atoms with E-state index in [1.165, 1.54) is 6.20 Å². The number of nitrogens with zero attached hydrogens (tertiary/aromatic N) is 2. The van der Waals surface area contributed by atoms with Crippen molar-refractivity contribution in [3.8, 4) is 0 Å². The minimum Gasteiger partial charge on any atom is -0.450 e. The van der Waals surface area contributed by atoms with E-state index in [-0.39, 0.29) is 6.61 Å². The summed E-state index contributed by atoms with van der Waals surface area (Å²) in [6.45, 7) is 3.61. The van der Waals surface area contributed by atoms with Crippen LogP contribution in [0.3, 0.4) is 0 Å². The van der Waals surface area contributed by atoms with Gasteiger partial charge in [-0.1, -0.05) is 18.9 Å². The normalized spacial score (nSPS) is 9.59. The Labute approximate surface area is 105 Å². The second-order valence-electron chi connectivity index (χ2n) is 3.11. The first-order chi connectivity index (χ1) is 8.06. The van der Waals surface area contributed by atoms with Crippen molar-refractivity contribution in [2.24, 2.45) is 0 Å². The number of imide groups is 1. The summed E-state index contributed by atoms with van der Waals surface area (Å²) in [6, 6.07) is 2.81. The number of aryl methyl sites for hydroxylation is 1. The molecule has 0 spiro atoms. The fourth-order valence-corrected chi connectivity index (χ4v) is 1.36. The molecule has 17 heavy (non-hydrogen) atoms. The molecule has 1 aromatic rings. The summed E-state index contributed by atoms with van der Waals surface area (Å²) in [5.41, 5.74) is 0.765. The van der Waals surface area contributed by atoms with Gasteiger partial charge in [-0.05, 0) is 25.5 Å². The first kappa shape index (κ1) is 13.3. The maximum absolute atomic E-state index is 11.6. The number of urea groups is 1. The molecule has 0 aliphatic heterocycles. The number of thiol groups is 1. The van der Waals surface area contributed by atoms with Crippen LogP contribution in [0, 0.1) is 6.92 Å². The number of ether oxygens (including phenoxy) is 1. The van der Waals surface area contributed by atoms with Crippen molar-refractivity contribution >= 4 is 30.8 Å². The Hall–Kier alpha value is -1.76. The molecule has 0 saturated carbocycles. The molecule has 3 amide bonds. The zero-order valence-corrected chi connectivity index (χ0v) is 10.4. The summed E-state index contributed by atoms with van der Waals surface area (Å²) < 4.78 is 5.53. The van der Waals surface area contributed by atoms with Gasteiger partial charge >= 0.3 is 12.1 Å². The van der Waals surface area contributed by atoms with Gasteiger partial charge in [0.1, 0.15) is 5.82 Å². The standard InChI is InChI=1S/C10H13N3O3S/c1-3-16-10(15)12-9(14)13(17)8-7(2)5-4-6-11-8/h4-6,17H,3H2,1-2H3,(H,12,14,15). The summed E-state index contributed by atoms with van der Waals surface area (Å²) in [5, 5.41) is 2.02. The van der Waals surface area contributed by atoms with Gasteiger partial charge in [-0.3, -0.25) is 0 Å². The van der Waals surface area contributed by atoms with Crippen molar-refractivity contribution in [2.45, 2.75) is 13.8 Å². The maximum atomic E-state index is 11.6. The van der Waals surface area contributed by atoms with E-state index in [1.807, 2.05) is 5.32 Å². The smallest absolute Gasteiger partial charge is 0.415 e. The highest BCUT2D eigenvalue weighted by Gasteiger charge is 2.17. The number of carbonyl (C=O) groups excluding carboxylic acids is 2. The molecule has 0 radical (unpaired) electrons. The zero-order chi connectivity index (χ0) is 12.8. The Morgan fingerprint density at radius 3 is 2.88 bits per heavy atom. The second kappa shape index (κ2) is 6.09. The van der Waals surface area contributed by atoms with Gasteiger partial charge < -0.3 is 4.74 Å². The number of aromatic nitrogens is 1. The molecule has 92 valence electrons. The van der Waals surface area contributed by atoms with Crippen molar-refractivity contribution in [1.29, 1.82) is 0 Å². The highest BCUT2D eigenvalue weighted by molar-refractivity contribution is 7.82. The number of pyridine rings is 1. The van der Waals surface area contributed by atoms with Crippen molar-refractivity contribution < 1.29 is 14.3 Å². The van der Waals surface area contributed by atoms with E-state index in [4.69, 9.17) is 0 Å². The quantitative estimate of drug-likeness (QED) is 0.792. The fraction of sp³-hybridized carbons (Fsp3) is 0.300. The zero-order valence-electron chi connectivity index (χ0n) is 9.51. The van der Waals surface area contributed by atoms with E-state index in [1.54, 1.807) is 26.0 Å². The molecule has 0 unspecified atom stereocenters. The van der Waals surface area contributed by atoms with Gasteiger partial charge in [-0.15, -0.1) is 0 Å². The topological polar surface area (TPSA) is 71.5 Å². The Morgan fingerprint density at radius 2 is 2.29 bits per heavy atom. The average molecular weight is 255 g/mol. The number of amides is 3. The van der Waals surface area contributed by atoms with Crippen LogP contribution in [-0.4, -0.2) is 23.7 Å². The van der Waals surface area contributed by atoms with Crippen LogP contribution in [0.1, 0.15) is 12.5 Å².